The highest BCUT2D eigenvalue weighted by molar-refractivity contribution is 7.80. The van der Waals surface area contributed by atoms with Gasteiger partial charge in [-0.2, -0.15) is 0 Å². The Balaban J connectivity index is 2.90. The van der Waals surface area contributed by atoms with Crippen molar-refractivity contribution < 1.29 is 9.13 Å². The van der Waals surface area contributed by atoms with Crippen molar-refractivity contribution in [1.29, 1.82) is 0 Å². The van der Waals surface area contributed by atoms with Crippen molar-refractivity contribution >= 4 is 22.9 Å². The Hall–Kier alpha value is -1.20. The lowest BCUT2D eigenvalue weighted by molar-refractivity contribution is 0.205. The minimum atomic E-state index is -0.383. The van der Waals surface area contributed by atoms with E-state index in [0.29, 0.717) is 6.61 Å². The van der Waals surface area contributed by atoms with Crippen LogP contribution >= 0.6 is 12.2 Å². The van der Waals surface area contributed by atoms with Crippen LogP contribution in [0.5, 0.6) is 0 Å². The van der Waals surface area contributed by atoms with Crippen LogP contribution in [0.15, 0.2) is 18.2 Å². The van der Waals surface area contributed by atoms with E-state index in [1.807, 2.05) is 17.9 Å². The number of rotatable bonds is 6. The van der Waals surface area contributed by atoms with Gasteiger partial charge in [-0.05, 0) is 25.1 Å². The molecule has 0 fully saturated rings. The topological polar surface area (TPSA) is 38.5 Å². The van der Waals surface area contributed by atoms with Gasteiger partial charge >= 0.3 is 0 Å². The maximum absolute atomic E-state index is 13.7. The molecule has 0 aromatic heterocycles. The molecule has 0 saturated carbocycles. The largest absolute Gasteiger partial charge is 0.389 e. The molecule has 17 heavy (non-hydrogen) atoms. The minimum Gasteiger partial charge on any atom is -0.389 e. The Morgan fingerprint density at radius 2 is 2.24 bits per heavy atom. The molecule has 0 aliphatic carbocycles. The van der Waals surface area contributed by atoms with E-state index in [1.165, 1.54) is 6.07 Å². The smallest absolute Gasteiger partial charge is 0.135 e. The van der Waals surface area contributed by atoms with Crippen molar-refractivity contribution in [3.63, 3.8) is 0 Å². The van der Waals surface area contributed by atoms with E-state index in [4.69, 9.17) is 22.7 Å². The number of anilines is 1. The molecule has 0 unspecified atom stereocenters. The molecule has 0 radical (unpaired) electrons. The summed E-state index contributed by atoms with van der Waals surface area (Å²) in [6.45, 7) is 4.12. The van der Waals surface area contributed by atoms with E-state index in [9.17, 15) is 4.39 Å². The SMILES string of the molecule is CCN(CCOC)c1ccc(C(N)=S)c(F)c1. The number of ether oxygens (including phenoxy) is 1. The van der Waals surface area contributed by atoms with Gasteiger partial charge in [0.25, 0.3) is 0 Å². The van der Waals surface area contributed by atoms with Crippen LogP contribution < -0.4 is 10.6 Å². The lowest BCUT2D eigenvalue weighted by Crippen LogP contribution is -2.27. The third-order valence-corrected chi connectivity index (χ3v) is 2.75. The predicted octanol–water partition coefficient (Wildman–Crippen LogP) is 1.93. The van der Waals surface area contributed by atoms with Crippen molar-refractivity contribution in [1.82, 2.24) is 0 Å². The summed E-state index contributed by atoms with van der Waals surface area (Å²) in [5.41, 5.74) is 6.50. The maximum atomic E-state index is 13.7. The Kier molecular flexibility index (Phi) is 5.31. The highest BCUT2D eigenvalue weighted by atomic mass is 32.1. The van der Waals surface area contributed by atoms with Crippen LogP contribution in [-0.4, -0.2) is 31.8 Å². The molecule has 0 aliphatic heterocycles. The van der Waals surface area contributed by atoms with Gasteiger partial charge in [0.05, 0.1) is 6.61 Å². The molecule has 0 aliphatic rings. The Morgan fingerprint density at radius 1 is 1.53 bits per heavy atom. The van der Waals surface area contributed by atoms with Crippen LogP contribution in [0.3, 0.4) is 0 Å². The lowest BCUT2D eigenvalue weighted by atomic mass is 10.2. The number of hydrogen-bond donors (Lipinski definition) is 1. The normalized spacial score (nSPS) is 10.3. The summed E-state index contributed by atoms with van der Waals surface area (Å²) in [5, 5.41) is 0. The summed E-state index contributed by atoms with van der Waals surface area (Å²) in [6, 6.07) is 4.88. The maximum Gasteiger partial charge on any atom is 0.135 e. The molecule has 3 nitrogen and oxygen atoms in total. The summed E-state index contributed by atoms with van der Waals surface area (Å²) in [5.74, 6) is -0.383. The molecular weight excluding hydrogens is 239 g/mol. The Bertz CT molecular complexity index is 398. The third-order valence-electron chi connectivity index (χ3n) is 2.53. The number of nitrogens with two attached hydrogens (primary N) is 1. The first kappa shape index (κ1) is 13.9. The fourth-order valence-electron chi connectivity index (χ4n) is 1.57. The van der Waals surface area contributed by atoms with E-state index < -0.39 is 0 Å². The van der Waals surface area contributed by atoms with Gasteiger partial charge in [0, 0.05) is 31.5 Å². The number of benzene rings is 1. The van der Waals surface area contributed by atoms with Crippen LogP contribution in [0.1, 0.15) is 12.5 Å². The van der Waals surface area contributed by atoms with Gasteiger partial charge in [0.2, 0.25) is 0 Å². The fraction of sp³-hybridized carbons (Fsp3) is 0.417. The van der Waals surface area contributed by atoms with Crippen LogP contribution in [0, 0.1) is 5.82 Å². The monoisotopic (exact) mass is 256 g/mol. The number of likely N-dealkylation sites (N-methyl/N-ethyl adjacent to an activating group) is 1. The van der Waals surface area contributed by atoms with Crippen molar-refractivity contribution in [2.75, 3.05) is 31.7 Å². The van der Waals surface area contributed by atoms with Crippen molar-refractivity contribution in [2.45, 2.75) is 6.92 Å². The molecule has 0 saturated heterocycles. The van der Waals surface area contributed by atoms with E-state index in [2.05, 4.69) is 0 Å². The van der Waals surface area contributed by atoms with Crippen LogP contribution in [-0.2, 0) is 4.74 Å². The second-order valence-electron chi connectivity index (χ2n) is 3.60. The first-order valence-electron chi connectivity index (χ1n) is 5.43. The summed E-state index contributed by atoms with van der Waals surface area (Å²) in [4.78, 5) is 2.10. The van der Waals surface area contributed by atoms with Gasteiger partial charge in [-0.15, -0.1) is 0 Å². The molecule has 0 heterocycles. The zero-order chi connectivity index (χ0) is 12.8. The molecule has 0 bridgehead atoms. The van der Waals surface area contributed by atoms with Crippen LogP contribution in [0.25, 0.3) is 0 Å². The summed E-state index contributed by atoms with van der Waals surface area (Å²) >= 11 is 4.76. The predicted molar refractivity (Wildman–Crippen MR) is 72.1 cm³/mol. The summed E-state index contributed by atoms with van der Waals surface area (Å²) < 4.78 is 18.7. The Labute approximate surface area is 106 Å². The molecule has 1 aromatic rings. The highest BCUT2D eigenvalue weighted by Crippen LogP contribution is 2.18. The molecule has 2 N–H and O–H groups in total. The molecular formula is C12H17FN2OS. The van der Waals surface area contributed by atoms with Gasteiger partial charge in [0.15, 0.2) is 0 Å². The molecule has 1 rings (SSSR count). The average molecular weight is 256 g/mol. The fourth-order valence-corrected chi connectivity index (χ4v) is 1.74. The number of halogens is 1. The second kappa shape index (κ2) is 6.51. The van der Waals surface area contributed by atoms with Gasteiger partial charge in [-0.25, -0.2) is 4.39 Å². The van der Waals surface area contributed by atoms with E-state index in [-0.39, 0.29) is 16.4 Å². The zero-order valence-corrected chi connectivity index (χ0v) is 10.9. The van der Waals surface area contributed by atoms with Crippen molar-refractivity contribution in [3.05, 3.63) is 29.6 Å². The molecule has 0 amide bonds. The van der Waals surface area contributed by atoms with Gasteiger partial charge < -0.3 is 15.4 Å². The Morgan fingerprint density at radius 3 is 2.71 bits per heavy atom. The minimum absolute atomic E-state index is 0.0778. The van der Waals surface area contributed by atoms with Crippen LogP contribution in [0.2, 0.25) is 0 Å². The van der Waals surface area contributed by atoms with Crippen molar-refractivity contribution in [2.24, 2.45) is 5.73 Å². The molecule has 5 heteroatoms. The van der Waals surface area contributed by atoms with Crippen molar-refractivity contribution in [3.8, 4) is 0 Å². The standard InChI is InChI=1S/C12H17FN2OS/c1-3-15(6-7-16-2)9-4-5-10(12(14)17)11(13)8-9/h4-5,8H,3,6-7H2,1-2H3,(H2,14,17). The first-order valence-corrected chi connectivity index (χ1v) is 5.84. The zero-order valence-electron chi connectivity index (χ0n) is 10.1. The lowest BCUT2D eigenvalue weighted by Gasteiger charge is -2.23. The number of nitrogens with zero attached hydrogens (tertiary/aromatic N) is 1. The van der Waals surface area contributed by atoms with E-state index >= 15 is 0 Å². The van der Waals surface area contributed by atoms with E-state index in [1.54, 1.807) is 13.2 Å². The second-order valence-corrected chi connectivity index (χ2v) is 4.04. The summed E-state index contributed by atoms with van der Waals surface area (Å²) in [6.07, 6.45) is 0. The average Bonchev–Trinajstić information content (AvgIpc) is 2.29. The molecule has 1 aromatic carbocycles. The number of hydrogen-bond acceptors (Lipinski definition) is 3. The molecule has 0 spiro atoms. The van der Waals surface area contributed by atoms with E-state index in [0.717, 1.165) is 18.8 Å². The van der Waals surface area contributed by atoms with Gasteiger partial charge in [0.1, 0.15) is 10.8 Å². The number of thiocarbonyl (C=S) groups is 1. The third kappa shape index (κ3) is 3.64. The van der Waals surface area contributed by atoms with Gasteiger partial charge in [-0.1, -0.05) is 12.2 Å². The molecule has 0 atom stereocenters. The van der Waals surface area contributed by atoms with Crippen LogP contribution in [0.4, 0.5) is 10.1 Å². The summed E-state index contributed by atoms with van der Waals surface area (Å²) in [7, 11) is 1.64. The molecule has 94 valence electrons. The quantitative estimate of drug-likeness (QED) is 0.789. The number of methoxy groups -OCH3 is 1. The van der Waals surface area contributed by atoms with Gasteiger partial charge in [-0.3, -0.25) is 0 Å². The highest BCUT2D eigenvalue weighted by Gasteiger charge is 2.09. The first-order chi connectivity index (χ1) is 8.10.